The number of nitrogens with zero attached hydrogens (tertiary/aromatic N) is 2. The number of ether oxygens (including phenoxy) is 1. The van der Waals surface area contributed by atoms with Crippen LogP contribution in [0.3, 0.4) is 0 Å². The highest BCUT2D eigenvalue weighted by atomic mass is 16.5. The molecule has 1 aliphatic heterocycles. The fourth-order valence-corrected chi connectivity index (χ4v) is 2.11. The van der Waals surface area contributed by atoms with E-state index in [0.29, 0.717) is 6.61 Å². The van der Waals surface area contributed by atoms with Crippen molar-refractivity contribution in [3.63, 3.8) is 0 Å². The molecule has 1 aromatic heterocycles. The molecule has 0 bridgehead atoms. The van der Waals surface area contributed by atoms with Gasteiger partial charge in [-0.2, -0.15) is 0 Å². The molecule has 1 aromatic carbocycles. The molecule has 1 unspecified atom stereocenters. The lowest BCUT2D eigenvalue weighted by molar-refractivity contribution is 0.0384. The van der Waals surface area contributed by atoms with Crippen molar-refractivity contribution in [2.24, 2.45) is 0 Å². The molecule has 0 N–H and O–H groups in total. The number of aryl methyl sites for hydroxylation is 1. The fraction of sp³-hybridized carbons (Fsp3) is 0.308. The van der Waals surface area contributed by atoms with E-state index < -0.39 is 0 Å². The molecule has 3 heteroatoms. The monoisotopic (exact) mass is 214 g/mol. The topological polar surface area (TPSA) is 27.1 Å². The minimum absolute atomic E-state index is 0.162. The van der Waals surface area contributed by atoms with Crippen molar-refractivity contribution in [2.75, 3.05) is 0 Å². The van der Waals surface area contributed by atoms with Gasteiger partial charge in [0.1, 0.15) is 11.9 Å². The van der Waals surface area contributed by atoms with Crippen LogP contribution in [0.15, 0.2) is 42.7 Å². The van der Waals surface area contributed by atoms with Crippen LogP contribution in [0, 0.1) is 0 Å². The molecule has 0 spiro atoms. The van der Waals surface area contributed by atoms with Gasteiger partial charge in [-0.05, 0) is 12.0 Å². The zero-order valence-corrected chi connectivity index (χ0v) is 9.04. The van der Waals surface area contributed by atoms with Gasteiger partial charge in [-0.15, -0.1) is 0 Å². The standard InChI is InChI=1S/C13H14N2O/c1-2-4-11(5-3-1)10-16-12-6-8-15-9-7-14-13(12)15/h1-5,7,9,12H,6,8,10H2. The zero-order chi connectivity index (χ0) is 10.8. The van der Waals surface area contributed by atoms with Gasteiger partial charge >= 0.3 is 0 Å². The predicted molar refractivity (Wildman–Crippen MR) is 60.8 cm³/mol. The SMILES string of the molecule is c1ccc(COC2CCn3ccnc32)cc1. The summed E-state index contributed by atoms with van der Waals surface area (Å²) in [6.45, 7) is 1.69. The van der Waals surface area contributed by atoms with E-state index in [1.807, 2.05) is 30.6 Å². The number of aromatic nitrogens is 2. The van der Waals surface area contributed by atoms with Crippen molar-refractivity contribution in [3.8, 4) is 0 Å². The van der Waals surface area contributed by atoms with Crippen LogP contribution in [0.25, 0.3) is 0 Å². The minimum Gasteiger partial charge on any atom is -0.366 e. The summed E-state index contributed by atoms with van der Waals surface area (Å²) in [7, 11) is 0. The van der Waals surface area contributed by atoms with Crippen molar-refractivity contribution in [1.29, 1.82) is 0 Å². The van der Waals surface area contributed by atoms with E-state index >= 15 is 0 Å². The van der Waals surface area contributed by atoms with E-state index in [-0.39, 0.29) is 6.10 Å². The van der Waals surface area contributed by atoms with Gasteiger partial charge in [-0.25, -0.2) is 4.98 Å². The zero-order valence-electron chi connectivity index (χ0n) is 9.04. The van der Waals surface area contributed by atoms with Gasteiger partial charge in [-0.1, -0.05) is 30.3 Å². The van der Waals surface area contributed by atoms with Crippen LogP contribution in [-0.2, 0) is 17.9 Å². The summed E-state index contributed by atoms with van der Waals surface area (Å²) in [4.78, 5) is 4.33. The van der Waals surface area contributed by atoms with Crippen LogP contribution in [0.1, 0.15) is 23.9 Å². The molecule has 2 aromatic rings. The molecule has 0 saturated carbocycles. The lowest BCUT2D eigenvalue weighted by atomic mass is 10.2. The summed E-state index contributed by atoms with van der Waals surface area (Å²) in [5, 5.41) is 0. The van der Waals surface area contributed by atoms with Gasteiger partial charge in [0.25, 0.3) is 0 Å². The van der Waals surface area contributed by atoms with Crippen molar-refractivity contribution in [2.45, 2.75) is 25.7 Å². The van der Waals surface area contributed by atoms with E-state index in [0.717, 1.165) is 18.8 Å². The Balaban J connectivity index is 1.65. The Bertz CT molecular complexity index is 464. The molecule has 0 radical (unpaired) electrons. The van der Waals surface area contributed by atoms with Crippen LogP contribution in [0.5, 0.6) is 0 Å². The molecule has 3 rings (SSSR count). The first-order valence-corrected chi connectivity index (χ1v) is 5.60. The van der Waals surface area contributed by atoms with Crippen LogP contribution < -0.4 is 0 Å². The second kappa shape index (κ2) is 4.10. The summed E-state index contributed by atoms with van der Waals surface area (Å²) in [6, 6.07) is 10.3. The molecular formula is C13H14N2O. The maximum Gasteiger partial charge on any atom is 0.137 e. The summed E-state index contributed by atoms with van der Waals surface area (Å²) >= 11 is 0. The lowest BCUT2D eigenvalue weighted by Gasteiger charge is -2.10. The Hall–Kier alpha value is -1.61. The molecule has 1 aliphatic rings. The Morgan fingerprint density at radius 1 is 1.31 bits per heavy atom. The largest absolute Gasteiger partial charge is 0.366 e. The van der Waals surface area contributed by atoms with Crippen LogP contribution in [0.2, 0.25) is 0 Å². The van der Waals surface area contributed by atoms with E-state index in [1.54, 1.807) is 0 Å². The first kappa shape index (κ1) is 9.60. The lowest BCUT2D eigenvalue weighted by Crippen LogP contribution is -2.02. The maximum absolute atomic E-state index is 5.89. The van der Waals surface area contributed by atoms with Crippen LogP contribution in [-0.4, -0.2) is 9.55 Å². The highest BCUT2D eigenvalue weighted by Gasteiger charge is 2.23. The van der Waals surface area contributed by atoms with Gasteiger partial charge in [0.2, 0.25) is 0 Å². The summed E-state index contributed by atoms with van der Waals surface area (Å²) < 4.78 is 8.05. The third kappa shape index (κ3) is 1.74. The minimum atomic E-state index is 0.162. The van der Waals surface area contributed by atoms with Crippen LogP contribution in [0.4, 0.5) is 0 Å². The fourth-order valence-electron chi connectivity index (χ4n) is 2.11. The molecule has 1 atom stereocenters. The molecule has 0 fully saturated rings. The molecular weight excluding hydrogens is 200 g/mol. The molecule has 0 saturated heterocycles. The number of fused-ring (bicyclic) bond motifs is 1. The van der Waals surface area contributed by atoms with E-state index in [9.17, 15) is 0 Å². The Labute approximate surface area is 94.7 Å². The van der Waals surface area contributed by atoms with Crippen molar-refractivity contribution >= 4 is 0 Å². The summed E-state index contributed by atoms with van der Waals surface area (Å²) in [5.74, 6) is 1.07. The van der Waals surface area contributed by atoms with Gasteiger partial charge < -0.3 is 9.30 Å². The quantitative estimate of drug-likeness (QED) is 0.785. The Kier molecular flexibility index (Phi) is 2.46. The van der Waals surface area contributed by atoms with Gasteiger partial charge in [0.15, 0.2) is 0 Å². The van der Waals surface area contributed by atoms with E-state index in [2.05, 4.69) is 21.7 Å². The number of benzene rings is 1. The van der Waals surface area contributed by atoms with Gasteiger partial charge in [-0.3, -0.25) is 0 Å². The maximum atomic E-state index is 5.89. The van der Waals surface area contributed by atoms with Crippen molar-refractivity contribution in [1.82, 2.24) is 9.55 Å². The highest BCUT2D eigenvalue weighted by molar-refractivity contribution is 5.13. The first-order valence-electron chi connectivity index (χ1n) is 5.60. The summed E-state index contributed by atoms with van der Waals surface area (Å²) in [5.41, 5.74) is 1.22. The van der Waals surface area contributed by atoms with E-state index in [4.69, 9.17) is 4.74 Å². The number of imidazole rings is 1. The van der Waals surface area contributed by atoms with Crippen molar-refractivity contribution in [3.05, 3.63) is 54.1 Å². The molecule has 82 valence electrons. The van der Waals surface area contributed by atoms with Crippen LogP contribution >= 0.6 is 0 Å². The average molecular weight is 214 g/mol. The second-order valence-corrected chi connectivity index (χ2v) is 4.05. The van der Waals surface area contributed by atoms with Crippen molar-refractivity contribution < 1.29 is 4.74 Å². The summed E-state index contributed by atoms with van der Waals surface area (Å²) in [6.07, 6.45) is 5.06. The van der Waals surface area contributed by atoms with Gasteiger partial charge in [0, 0.05) is 18.9 Å². The molecule has 0 aliphatic carbocycles. The highest BCUT2D eigenvalue weighted by Crippen LogP contribution is 2.28. The number of hydrogen-bond donors (Lipinski definition) is 0. The molecule has 0 amide bonds. The van der Waals surface area contributed by atoms with Gasteiger partial charge in [0.05, 0.1) is 6.61 Å². The first-order chi connectivity index (χ1) is 7.93. The molecule has 2 heterocycles. The molecule has 16 heavy (non-hydrogen) atoms. The Morgan fingerprint density at radius 2 is 2.19 bits per heavy atom. The number of hydrogen-bond acceptors (Lipinski definition) is 2. The number of rotatable bonds is 3. The molecule has 3 nitrogen and oxygen atoms in total. The van der Waals surface area contributed by atoms with E-state index in [1.165, 1.54) is 5.56 Å². The normalized spacial score (nSPS) is 18.6. The Morgan fingerprint density at radius 3 is 3.06 bits per heavy atom. The third-order valence-electron chi connectivity index (χ3n) is 2.96. The predicted octanol–water partition coefficient (Wildman–Crippen LogP) is 2.54. The third-order valence-corrected chi connectivity index (χ3v) is 2.96. The second-order valence-electron chi connectivity index (χ2n) is 4.05. The smallest absolute Gasteiger partial charge is 0.137 e. The average Bonchev–Trinajstić information content (AvgIpc) is 2.90.